The van der Waals surface area contributed by atoms with Crippen molar-refractivity contribution in [3.05, 3.63) is 30.3 Å². The monoisotopic (exact) mass is 319 g/mol. The summed E-state index contributed by atoms with van der Waals surface area (Å²) in [6.07, 6.45) is 3.75. The molecule has 2 aliphatic carbocycles. The molecule has 1 aliphatic heterocycles. The van der Waals surface area contributed by atoms with Crippen LogP contribution in [0.1, 0.15) is 32.6 Å². The first-order valence-corrected chi connectivity index (χ1v) is 9.56. The van der Waals surface area contributed by atoms with Crippen LogP contribution < -0.4 is 0 Å². The molecule has 3 atom stereocenters. The van der Waals surface area contributed by atoms with E-state index in [0.29, 0.717) is 11.3 Å². The molecule has 0 spiro atoms. The first kappa shape index (κ1) is 14.2. The standard InChI is InChI=1S/C17H21NO3S/c1-13-16(15(19)18-10-6-3-7-11-18)12-17(13,16)22(20,21)14-8-4-2-5-9-14/h2,4-5,8-9,13H,3,6-7,10-12H2,1H3/t13-,16-,17-/m1/s1. The SMILES string of the molecule is C[C@@H]1[C@@]2(C(=O)N3CCCCC3)C[C@@]12S(=O)(=O)c1ccccc1. The van der Waals surface area contributed by atoms with E-state index in [4.69, 9.17) is 0 Å². The highest BCUT2D eigenvalue weighted by Gasteiger charge is 2.98. The van der Waals surface area contributed by atoms with E-state index in [9.17, 15) is 13.2 Å². The summed E-state index contributed by atoms with van der Waals surface area (Å²) in [6.45, 7) is 3.50. The summed E-state index contributed by atoms with van der Waals surface area (Å²) in [5.41, 5.74) is -0.626. The fraction of sp³-hybridized carbons (Fsp3) is 0.588. The van der Waals surface area contributed by atoms with Gasteiger partial charge in [0.1, 0.15) is 0 Å². The minimum absolute atomic E-state index is 0.0559. The number of amides is 1. The summed E-state index contributed by atoms with van der Waals surface area (Å²) >= 11 is 0. The van der Waals surface area contributed by atoms with E-state index in [-0.39, 0.29) is 11.8 Å². The third kappa shape index (κ3) is 1.48. The molecule has 0 N–H and O–H groups in total. The maximum absolute atomic E-state index is 13.0. The summed E-state index contributed by atoms with van der Waals surface area (Å²) in [4.78, 5) is 15.1. The van der Waals surface area contributed by atoms with Crippen LogP contribution in [0.15, 0.2) is 35.2 Å². The number of sulfone groups is 1. The molecule has 0 radical (unpaired) electrons. The Kier molecular flexibility index (Phi) is 2.81. The third-order valence-electron chi connectivity index (χ3n) is 6.08. The molecular weight excluding hydrogens is 298 g/mol. The maximum Gasteiger partial charge on any atom is 0.230 e. The summed E-state index contributed by atoms with van der Waals surface area (Å²) in [6, 6.07) is 8.58. The van der Waals surface area contributed by atoms with E-state index in [1.165, 1.54) is 6.42 Å². The zero-order chi connectivity index (χ0) is 15.6. The van der Waals surface area contributed by atoms with E-state index in [2.05, 4.69) is 0 Å². The van der Waals surface area contributed by atoms with Crippen LogP contribution in [0.3, 0.4) is 0 Å². The normalized spacial score (nSPS) is 36.6. The highest BCUT2D eigenvalue weighted by molar-refractivity contribution is 7.93. The number of likely N-dealkylation sites (tertiary alicyclic amines) is 1. The van der Waals surface area contributed by atoms with Crippen LogP contribution in [0.2, 0.25) is 0 Å². The average molecular weight is 319 g/mol. The number of carbonyl (C=O) groups is 1. The van der Waals surface area contributed by atoms with Gasteiger partial charge in [0.15, 0.2) is 9.84 Å². The smallest absolute Gasteiger partial charge is 0.230 e. The molecule has 0 aromatic heterocycles. The highest BCUT2D eigenvalue weighted by Crippen LogP contribution is 2.87. The lowest BCUT2D eigenvalue weighted by Crippen LogP contribution is -2.39. The predicted molar refractivity (Wildman–Crippen MR) is 83.0 cm³/mol. The molecule has 22 heavy (non-hydrogen) atoms. The van der Waals surface area contributed by atoms with Gasteiger partial charge in [-0.3, -0.25) is 4.79 Å². The van der Waals surface area contributed by atoms with Gasteiger partial charge >= 0.3 is 0 Å². The number of piperidine rings is 1. The van der Waals surface area contributed by atoms with Crippen molar-refractivity contribution in [3.63, 3.8) is 0 Å². The number of benzene rings is 1. The molecule has 1 heterocycles. The quantitative estimate of drug-likeness (QED) is 0.858. The molecular formula is C17H21NO3S. The molecule has 0 unspecified atom stereocenters. The molecule has 4 nitrogen and oxygen atoms in total. The van der Waals surface area contributed by atoms with Crippen molar-refractivity contribution in [3.8, 4) is 0 Å². The van der Waals surface area contributed by atoms with Crippen molar-refractivity contribution in [1.29, 1.82) is 0 Å². The van der Waals surface area contributed by atoms with Gasteiger partial charge in [-0.2, -0.15) is 0 Å². The molecule has 118 valence electrons. The van der Waals surface area contributed by atoms with Gasteiger partial charge in [0.25, 0.3) is 0 Å². The van der Waals surface area contributed by atoms with Gasteiger partial charge < -0.3 is 4.90 Å². The van der Waals surface area contributed by atoms with E-state index in [1.54, 1.807) is 24.3 Å². The van der Waals surface area contributed by atoms with E-state index in [0.717, 1.165) is 25.9 Å². The lowest BCUT2D eigenvalue weighted by Gasteiger charge is -2.28. The second-order valence-electron chi connectivity index (χ2n) is 6.93. The van der Waals surface area contributed by atoms with Gasteiger partial charge in [-0.1, -0.05) is 25.1 Å². The van der Waals surface area contributed by atoms with Crippen molar-refractivity contribution in [2.24, 2.45) is 11.3 Å². The van der Waals surface area contributed by atoms with E-state index >= 15 is 0 Å². The van der Waals surface area contributed by atoms with Crippen molar-refractivity contribution in [2.75, 3.05) is 13.1 Å². The number of nitrogens with zero attached hydrogens (tertiary/aromatic N) is 1. The van der Waals surface area contributed by atoms with Crippen molar-refractivity contribution < 1.29 is 13.2 Å². The summed E-state index contributed by atoms with van der Waals surface area (Å²) in [5, 5.41) is 0. The highest BCUT2D eigenvalue weighted by atomic mass is 32.2. The van der Waals surface area contributed by atoms with Gasteiger partial charge in [-0.25, -0.2) is 8.42 Å². The number of rotatable bonds is 3. The first-order chi connectivity index (χ1) is 10.5. The number of hydrogen-bond donors (Lipinski definition) is 0. The Hall–Kier alpha value is -1.36. The molecule has 2 saturated carbocycles. The van der Waals surface area contributed by atoms with Crippen LogP contribution in [0.4, 0.5) is 0 Å². The fourth-order valence-electron chi connectivity index (χ4n) is 4.52. The number of hydrogen-bond acceptors (Lipinski definition) is 3. The lowest BCUT2D eigenvalue weighted by molar-refractivity contribution is -0.136. The Labute approximate surface area is 131 Å². The van der Waals surface area contributed by atoms with Gasteiger partial charge in [0.2, 0.25) is 5.91 Å². The van der Waals surface area contributed by atoms with E-state index < -0.39 is 20.0 Å². The van der Waals surface area contributed by atoms with Crippen LogP contribution in [0, 0.1) is 11.3 Å². The molecule has 1 aromatic carbocycles. The molecule has 1 saturated heterocycles. The molecule has 3 aliphatic rings. The van der Waals surface area contributed by atoms with Crippen molar-refractivity contribution >= 4 is 15.7 Å². The van der Waals surface area contributed by atoms with Crippen molar-refractivity contribution in [1.82, 2.24) is 4.90 Å². The summed E-state index contributed by atoms with van der Waals surface area (Å²) in [7, 11) is -3.43. The third-order valence-corrected chi connectivity index (χ3v) is 8.80. The average Bonchev–Trinajstić information content (AvgIpc) is 3.42. The Morgan fingerprint density at radius 3 is 2.36 bits per heavy atom. The predicted octanol–water partition coefficient (Wildman–Crippen LogP) is 2.25. The second kappa shape index (κ2) is 4.34. The number of fused-ring (bicyclic) bond motifs is 1. The second-order valence-corrected chi connectivity index (χ2v) is 9.14. The van der Waals surface area contributed by atoms with Crippen LogP contribution in [0.25, 0.3) is 0 Å². The largest absolute Gasteiger partial charge is 0.342 e. The van der Waals surface area contributed by atoms with Crippen LogP contribution >= 0.6 is 0 Å². The van der Waals surface area contributed by atoms with Gasteiger partial charge in [-0.15, -0.1) is 0 Å². The van der Waals surface area contributed by atoms with Crippen LogP contribution in [-0.4, -0.2) is 37.1 Å². The number of carbonyl (C=O) groups excluding carboxylic acids is 1. The molecule has 1 aromatic rings. The summed E-state index contributed by atoms with van der Waals surface area (Å²) in [5.74, 6) is 0.0267. The van der Waals surface area contributed by atoms with Gasteiger partial charge in [-0.05, 0) is 43.7 Å². The molecule has 0 bridgehead atoms. The molecule has 4 rings (SSSR count). The Balaban J connectivity index is 1.64. The molecule has 1 amide bonds. The lowest BCUT2D eigenvalue weighted by atomic mass is 10.0. The van der Waals surface area contributed by atoms with Gasteiger partial charge in [0.05, 0.1) is 15.1 Å². The maximum atomic E-state index is 13.0. The van der Waals surface area contributed by atoms with Crippen LogP contribution in [-0.2, 0) is 14.6 Å². The van der Waals surface area contributed by atoms with Crippen molar-refractivity contribution in [2.45, 2.75) is 42.2 Å². The zero-order valence-corrected chi connectivity index (χ0v) is 13.6. The molecule has 5 heteroatoms. The fourth-order valence-corrected chi connectivity index (χ4v) is 7.23. The van der Waals surface area contributed by atoms with Crippen LogP contribution in [0.5, 0.6) is 0 Å². The first-order valence-electron chi connectivity index (χ1n) is 8.07. The molecule has 3 fully saturated rings. The van der Waals surface area contributed by atoms with E-state index in [1.807, 2.05) is 17.9 Å². The minimum Gasteiger partial charge on any atom is -0.342 e. The van der Waals surface area contributed by atoms with Gasteiger partial charge in [0, 0.05) is 13.1 Å². The summed E-state index contributed by atoms with van der Waals surface area (Å²) < 4.78 is 25.2. The minimum atomic E-state index is -3.43. The zero-order valence-electron chi connectivity index (χ0n) is 12.8. The Morgan fingerprint density at radius 2 is 1.77 bits per heavy atom. The topological polar surface area (TPSA) is 54.5 Å². The Bertz CT molecular complexity index is 724. The Morgan fingerprint density at radius 1 is 1.14 bits per heavy atom.